The van der Waals surface area contributed by atoms with E-state index < -0.39 is 0 Å². The van der Waals surface area contributed by atoms with Crippen molar-refractivity contribution in [3.05, 3.63) is 41.9 Å². The normalized spacial score (nSPS) is 18.2. The summed E-state index contributed by atoms with van der Waals surface area (Å²) in [6, 6.07) is 7.72. The Morgan fingerprint density at radius 3 is 3.10 bits per heavy atom. The van der Waals surface area contributed by atoms with Crippen molar-refractivity contribution in [2.45, 2.75) is 12.8 Å². The van der Waals surface area contributed by atoms with Crippen LogP contribution < -0.4 is 4.90 Å². The molecule has 0 amide bonds. The van der Waals surface area contributed by atoms with Gasteiger partial charge in [0, 0.05) is 26.3 Å². The van der Waals surface area contributed by atoms with Gasteiger partial charge < -0.3 is 4.90 Å². The van der Waals surface area contributed by atoms with Crippen LogP contribution in [0.3, 0.4) is 0 Å². The molecule has 20 heavy (non-hydrogen) atoms. The molecule has 1 saturated heterocycles. The van der Waals surface area contributed by atoms with Gasteiger partial charge in [-0.15, -0.1) is 0 Å². The van der Waals surface area contributed by atoms with Gasteiger partial charge >= 0.3 is 0 Å². The highest BCUT2D eigenvalue weighted by atomic mass is 15.2. The monoisotopic (exact) mass is 267 g/mol. The molecule has 5 nitrogen and oxygen atoms in total. The van der Waals surface area contributed by atoms with Crippen molar-refractivity contribution in [3.8, 4) is 6.07 Å². The van der Waals surface area contributed by atoms with E-state index in [1.807, 2.05) is 30.1 Å². The molecule has 102 valence electrons. The number of aromatic nitrogens is 3. The highest BCUT2D eigenvalue weighted by Gasteiger charge is 2.24. The second-order valence-corrected chi connectivity index (χ2v) is 5.32. The van der Waals surface area contributed by atoms with Crippen molar-refractivity contribution in [2.24, 2.45) is 13.0 Å². The number of pyridine rings is 1. The van der Waals surface area contributed by atoms with Gasteiger partial charge in [-0.05, 0) is 36.5 Å². The predicted octanol–water partition coefficient (Wildman–Crippen LogP) is 1.76. The molecule has 2 aromatic rings. The fourth-order valence-corrected chi connectivity index (χ4v) is 2.78. The summed E-state index contributed by atoms with van der Waals surface area (Å²) < 4.78 is 1.85. The maximum Gasteiger partial charge on any atom is 0.142 e. The van der Waals surface area contributed by atoms with Crippen LogP contribution >= 0.6 is 0 Å². The summed E-state index contributed by atoms with van der Waals surface area (Å²) in [5.74, 6) is 1.55. The van der Waals surface area contributed by atoms with Crippen molar-refractivity contribution < 1.29 is 0 Å². The molecule has 0 radical (unpaired) electrons. The second-order valence-electron chi connectivity index (χ2n) is 5.32. The lowest BCUT2D eigenvalue weighted by Crippen LogP contribution is -2.21. The number of hydrogen-bond acceptors (Lipinski definition) is 4. The summed E-state index contributed by atoms with van der Waals surface area (Å²) >= 11 is 0. The molecule has 0 bridgehead atoms. The third-order valence-corrected chi connectivity index (χ3v) is 3.74. The number of nitriles is 1. The van der Waals surface area contributed by atoms with Crippen LogP contribution in [0.15, 0.2) is 30.6 Å². The number of nitrogens with zero attached hydrogens (tertiary/aromatic N) is 5. The summed E-state index contributed by atoms with van der Waals surface area (Å²) in [7, 11) is 1.95. The quantitative estimate of drug-likeness (QED) is 0.850. The minimum absolute atomic E-state index is 0.484. The third kappa shape index (κ3) is 2.64. The maximum absolute atomic E-state index is 8.91. The van der Waals surface area contributed by atoms with Crippen LogP contribution in [-0.2, 0) is 13.5 Å². The Balaban J connectivity index is 1.65. The first-order chi connectivity index (χ1) is 9.74. The Labute approximate surface area is 118 Å². The number of anilines is 1. The van der Waals surface area contributed by atoms with E-state index >= 15 is 0 Å². The molecular weight excluding hydrogens is 250 g/mol. The van der Waals surface area contributed by atoms with Crippen LogP contribution in [0.25, 0.3) is 0 Å². The first-order valence-corrected chi connectivity index (χ1v) is 6.84. The van der Waals surface area contributed by atoms with Crippen molar-refractivity contribution >= 4 is 5.82 Å². The van der Waals surface area contributed by atoms with E-state index in [9.17, 15) is 0 Å². The molecule has 5 heteroatoms. The fraction of sp³-hybridized carbons (Fsp3) is 0.400. The molecule has 0 spiro atoms. The van der Waals surface area contributed by atoms with Crippen molar-refractivity contribution in [2.75, 3.05) is 18.0 Å². The van der Waals surface area contributed by atoms with Gasteiger partial charge in [-0.1, -0.05) is 6.07 Å². The zero-order chi connectivity index (χ0) is 13.9. The fourth-order valence-electron chi connectivity index (χ4n) is 2.78. The van der Waals surface area contributed by atoms with E-state index in [1.165, 1.54) is 5.56 Å². The Bertz CT molecular complexity index is 640. The van der Waals surface area contributed by atoms with Crippen LogP contribution in [0.5, 0.6) is 0 Å². The van der Waals surface area contributed by atoms with Crippen molar-refractivity contribution in [1.82, 2.24) is 14.8 Å². The summed E-state index contributed by atoms with van der Waals surface area (Å²) in [5.41, 5.74) is 1.77. The van der Waals surface area contributed by atoms with Gasteiger partial charge in [-0.3, -0.25) is 4.68 Å². The lowest BCUT2D eigenvalue weighted by atomic mass is 10.0. The van der Waals surface area contributed by atoms with Gasteiger partial charge in [0.25, 0.3) is 0 Å². The number of rotatable bonds is 3. The predicted molar refractivity (Wildman–Crippen MR) is 76.2 cm³/mol. The number of aryl methyl sites for hydroxylation is 1. The smallest absolute Gasteiger partial charge is 0.142 e. The molecule has 1 fully saturated rings. The zero-order valence-electron chi connectivity index (χ0n) is 11.5. The van der Waals surface area contributed by atoms with E-state index in [1.54, 1.807) is 6.07 Å². The highest BCUT2D eigenvalue weighted by Crippen LogP contribution is 2.24. The van der Waals surface area contributed by atoms with Gasteiger partial charge in [0.2, 0.25) is 0 Å². The molecule has 1 atom stereocenters. The largest absolute Gasteiger partial charge is 0.356 e. The molecule has 0 saturated carbocycles. The van der Waals surface area contributed by atoms with Crippen molar-refractivity contribution in [1.29, 1.82) is 5.26 Å². The Morgan fingerprint density at radius 2 is 2.35 bits per heavy atom. The Morgan fingerprint density at radius 1 is 1.45 bits per heavy atom. The van der Waals surface area contributed by atoms with Gasteiger partial charge in [-0.2, -0.15) is 10.4 Å². The van der Waals surface area contributed by atoms with Crippen LogP contribution in [0.1, 0.15) is 17.7 Å². The van der Waals surface area contributed by atoms with Crippen molar-refractivity contribution in [3.63, 3.8) is 0 Å². The van der Waals surface area contributed by atoms with E-state index in [2.05, 4.69) is 27.2 Å². The molecule has 1 aliphatic heterocycles. The Hall–Kier alpha value is -2.35. The minimum atomic E-state index is 0.484. The average molecular weight is 267 g/mol. The molecule has 0 N–H and O–H groups in total. The van der Waals surface area contributed by atoms with Crippen LogP contribution in [0.4, 0.5) is 5.82 Å². The number of hydrogen-bond donors (Lipinski definition) is 0. The molecular formula is C15H17N5. The lowest BCUT2D eigenvalue weighted by molar-refractivity contribution is 0.586. The Kier molecular flexibility index (Phi) is 3.38. The van der Waals surface area contributed by atoms with E-state index in [0.29, 0.717) is 11.6 Å². The summed E-state index contributed by atoms with van der Waals surface area (Å²) in [6.45, 7) is 2.00. The van der Waals surface area contributed by atoms with Gasteiger partial charge in [0.1, 0.15) is 17.6 Å². The molecule has 0 aromatic carbocycles. The molecule has 3 heterocycles. The maximum atomic E-state index is 8.91. The van der Waals surface area contributed by atoms with E-state index in [0.717, 1.165) is 31.7 Å². The average Bonchev–Trinajstić information content (AvgIpc) is 3.09. The minimum Gasteiger partial charge on any atom is -0.356 e. The summed E-state index contributed by atoms with van der Waals surface area (Å²) in [4.78, 5) is 6.63. The van der Waals surface area contributed by atoms with Crippen LogP contribution in [0.2, 0.25) is 0 Å². The summed E-state index contributed by atoms with van der Waals surface area (Å²) in [6.07, 6.45) is 6.24. The molecule has 2 aromatic heterocycles. The topological polar surface area (TPSA) is 57.7 Å². The molecule has 3 rings (SSSR count). The van der Waals surface area contributed by atoms with Crippen LogP contribution in [-0.4, -0.2) is 27.9 Å². The summed E-state index contributed by atoms with van der Waals surface area (Å²) in [5, 5.41) is 13.1. The first-order valence-electron chi connectivity index (χ1n) is 6.84. The molecule has 0 aliphatic carbocycles. The lowest BCUT2D eigenvalue weighted by Gasteiger charge is -2.17. The van der Waals surface area contributed by atoms with E-state index in [-0.39, 0.29) is 0 Å². The zero-order valence-corrected chi connectivity index (χ0v) is 11.5. The standard InChI is InChI=1S/C15H17N5/c1-19-10-13(9-17-19)7-12-5-6-20(11-12)15-4-2-3-14(8-16)18-15/h2-4,9-10,12H,5-7,11H2,1H3. The van der Waals surface area contributed by atoms with Gasteiger partial charge in [0.05, 0.1) is 6.20 Å². The third-order valence-electron chi connectivity index (χ3n) is 3.74. The SMILES string of the molecule is Cn1cc(CC2CCN(c3cccc(C#N)n3)C2)cn1. The first kappa shape index (κ1) is 12.7. The van der Waals surface area contributed by atoms with Crippen LogP contribution in [0, 0.1) is 17.2 Å². The van der Waals surface area contributed by atoms with E-state index in [4.69, 9.17) is 5.26 Å². The molecule has 1 unspecified atom stereocenters. The van der Waals surface area contributed by atoms with Gasteiger partial charge in [-0.25, -0.2) is 4.98 Å². The molecule has 1 aliphatic rings. The second kappa shape index (κ2) is 5.33. The highest BCUT2D eigenvalue weighted by molar-refractivity contribution is 5.42. The van der Waals surface area contributed by atoms with Gasteiger partial charge in [0.15, 0.2) is 0 Å².